The lowest BCUT2D eigenvalue weighted by Gasteiger charge is -2.10. The van der Waals surface area contributed by atoms with Crippen LogP contribution in [0.25, 0.3) is 6.08 Å². The van der Waals surface area contributed by atoms with Crippen LogP contribution in [0.2, 0.25) is 5.02 Å². The van der Waals surface area contributed by atoms with Crippen LogP contribution >= 0.6 is 11.6 Å². The van der Waals surface area contributed by atoms with Crippen LogP contribution in [0.1, 0.15) is 18.1 Å². The molecule has 1 aliphatic heterocycles. The van der Waals surface area contributed by atoms with E-state index >= 15 is 0 Å². The van der Waals surface area contributed by atoms with Gasteiger partial charge in [-0.2, -0.15) is 0 Å². The van der Waals surface area contributed by atoms with E-state index in [9.17, 15) is 14.8 Å². The Morgan fingerprint density at radius 2 is 1.89 bits per heavy atom. The maximum Gasteiger partial charge on any atom is 0.488 e. The highest BCUT2D eigenvalue weighted by Gasteiger charge is 2.20. The molecule has 0 aliphatic carbocycles. The molecule has 0 atom stereocenters. The van der Waals surface area contributed by atoms with Crippen molar-refractivity contribution >= 4 is 36.2 Å². The first-order valence-corrected chi connectivity index (χ1v) is 8.77. The third-order valence-corrected chi connectivity index (χ3v) is 4.39. The normalized spacial score (nSPS) is 12.8. The Labute approximate surface area is 162 Å². The fraction of sp³-hybridized carbons (Fsp3) is 0.211. The molecular formula is C19H18BClO6. The third kappa shape index (κ3) is 4.63. The Kier molecular flexibility index (Phi) is 6.06. The van der Waals surface area contributed by atoms with Crippen molar-refractivity contribution in [1.29, 1.82) is 0 Å². The molecule has 0 bridgehead atoms. The summed E-state index contributed by atoms with van der Waals surface area (Å²) in [6.45, 7) is 2.12. The summed E-state index contributed by atoms with van der Waals surface area (Å²) < 4.78 is 15.8. The highest BCUT2D eigenvalue weighted by molar-refractivity contribution is 6.58. The second-order valence-electron chi connectivity index (χ2n) is 5.90. The standard InChI is InChI=1S/C19H18BClO6/c1-2-25-19(22)14(7-12-3-5-15(6-4-12)20(23)24)8-13-9-17-18(10-16(13)21)27-11-26-17/h3-7,9-10,23-24H,2,8,11H2,1H3. The second-order valence-corrected chi connectivity index (χ2v) is 6.31. The average Bonchev–Trinajstić information content (AvgIpc) is 3.09. The predicted octanol–water partition coefficient (Wildman–Crippen LogP) is 1.94. The van der Waals surface area contributed by atoms with E-state index in [2.05, 4.69) is 0 Å². The zero-order valence-electron chi connectivity index (χ0n) is 14.6. The van der Waals surface area contributed by atoms with E-state index < -0.39 is 13.1 Å². The smallest absolute Gasteiger partial charge is 0.463 e. The Hall–Kier alpha value is -2.48. The van der Waals surface area contributed by atoms with E-state index in [0.29, 0.717) is 33.1 Å². The summed E-state index contributed by atoms with van der Waals surface area (Å²) in [5, 5.41) is 18.8. The molecule has 1 aliphatic rings. The lowest BCUT2D eigenvalue weighted by atomic mass is 9.80. The fourth-order valence-electron chi connectivity index (χ4n) is 2.67. The molecule has 0 spiro atoms. The third-order valence-electron chi connectivity index (χ3n) is 4.04. The van der Waals surface area contributed by atoms with E-state index in [1.165, 1.54) is 0 Å². The first-order valence-electron chi connectivity index (χ1n) is 8.39. The molecular weight excluding hydrogens is 370 g/mol. The maximum absolute atomic E-state index is 12.4. The molecule has 3 rings (SSSR count). The largest absolute Gasteiger partial charge is 0.488 e. The van der Waals surface area contributed by atoms with Gasteiger partial charge in [0, 0.05) is 23.1 Å². The van der Waals surface area contributed by atoms with Crippen molar-refractivity contribution in [2.45, 2.75) is 13.3 Å². The van der Waals surface area contributed by atoms with Gasteiger partial charge < -0.3 is 24.3 Å². The summed E-state index contributed by atoms with van der Waals surface area (Å²) in [5.41, 5.74) is 2.21. The topological polar surface area (TPSA) is 85.2 Å². The maximum atomic E-state index is 12.4. The van der Waals surface area contributed by atoms with Gasteiger partial charge in [-0.3, -0.25) is 0 Å². The number of esters is 1. The molecule has 2 N–H and O–H groups in total. The van der Waals surface area contributed by atoms with Crippen LogP contribution in [0, 0.1) is 0 Å². The summed E-state index contributed by atoms with van der Waals surface area (Å²) in [6.07, 6.45) is 1.94. The fourth-order valence-corrected chi connectivity index (χ4v) is 2.89. The Balaban J connectivity index is 1.91. The van der Waals surface area contributed by atoms with Crippen LogP contribution in [0.15, 0.2) is 42.0 Å². The average molecular weight is 389 g/mol. The number of ether oxygens (including phenoxy) is 3. The highest BCUT2D eigenvalue weighted by atomic mass is 35.5. The minimum Gasteiger partial charge on any atom is -0.463 e. The number of hydrogen-bond donors (Lipinski definition) is 2. The summed E-state index contributed by atoms with van der Waals surface area (Å²) in [5.74, 6) is 0.708. The lowest BCUT2D eigenvalue weighted by molar-refractivity contribution is -0.138. The van der Waals surface area contributed by atoms with Crippen molar-refractivity contribution in [3.8, 4) is 11.5 Å². The van der Waals surface area contributed by atoms with Gasteiger partial charge >= 0.3 is 13.1 Å². The van der Waals surface area contributed by atoms with Crippen molar-refractivity contribution in [1.82, 2.24) is 0 Å². The van der Waals surface area contributed by atoms with Gasteiger partial charge in [0.15, 0.2) is 11.5 Å². The van der Waals surface area contributed by atoms with Crippen LogP contribution in [0.4, 0.5) is 0 Å². The first-order chi connectivity index (χ1) is 13.0. The number of rotatable bonds is 6. The Morgan fingerprint density at radius 3 is 2.52 bits per heavy atom. The quantitative estimate of drug-likeness (QED) is 0.447. The zero-order chi connectivity index (χ0) is 19.4. The molecule has 0 fully saturated rings. The van der Waals surface area contributed by atoms with E-state index in [1.54, 1.807) is 49.4 Å². The number of hydrogen-bond acceptors (Lipinski definition) is 6. The number of carbonyl (C=O) groups is 1. The number of halogens is 1. The molecule has 0 radical (unpaired) electrons. The van der Waals surface area contributed by atoms with Gasteiger partial charge in [0.05, 0.1) is 6.61 Å². The van der Waals surface area contributed by atoms with Crippen LogP contribution in [0.5, 0.6) is 11.5 Å². The van der Waals surface area contributed by atoms with Crippen LogP contribution in [-0.4, -0.2) is 36.5 Å². The van der Waals surface area contributed by atoms with Gasteiger partial charge in [0.25, 0.3) is 0 Å². The minimum absolute atomic E-state index is 0.138. The van der Waals surface area contributed by atoms with E-state index in [0.717, 1.165) is 5.56 Å². The van der Waals surface area contributed by atoms with Crippen LogP contribution in [-0.2, 0) is 16.0 Å². The van der Waals surface area contributed by atoms with Crippen molar-refractivity contribution < 1.29 is 29.1 Å². The predicted molar refractivity (Wildman–Crippen MR) is 102 cm³/mol. The van der Waals surface area contributed by atoms with Crippen molar-refractivity contribution in [3.05, 3.63) is 58.1 Å². The molecule has 8 heteroatoms. The number of benzene rings is 2. The molecule has 2 aromatic rings. The Bertz CT molecular complexity index is 863. The molecule has 6 nitrogen and oxygen atoms in total. The monoisotopic (exact) mass is 388 g/mol. The van der Waals surface area contributed by atoms with Gasteiger partial charge in [-0.15, -0.1) is 0 Å². The van der Waals surface area contributed by atoms with E-state index in [-0.39, 0.29) is 19.8 Å². The lowest BCUT2D eigenvalue weighted by Crippen LogP contribution is -2.29. The molecule has 140 valence electrons. The second kappa shape index (κ2) is 8.48. The molecule has 0 saturated carbocycles. The van der Waals surface area contributed by atoms with Crippen molar-refractivity contribution in [2.24, 2.45) is 0 Å². The van der Waals surface area contributed by atoms with Gasteiger partial charge in [-0.25, -0.2) is 4.79 Å². The molecule has 2 aromatic carbocycles. The van der Waals surface area contributed by atoms with E-state index in [1.807, 2.05) is 0 Å². The SMILES string of the molecule is CCOC(=O)C(=Cc1ccc(B(O)O)cc1)Cc1cc2c(cc1Cl)OCO2. The molecule has 0 aromatic heterocycles. The van der Waals surface area contributed by atoms with Crippen molar-refractivity contribution in [2.75, 3.05) is 13.4 Å². The van der Waals surface area contributed by atoms with Gasteiger partial charge in [-0.1, -0.05) is 35.9 Å². The Morgan fingerprint density at radius 1 is 1.22 bits per heavy atom. The van der Waals surface area contributed by atoms with Crippen LogP contribution in [0.3, 0.4) is 0 Å². The number of fused-ring (bicyclic) bond motifs is 1. The zero-order valence-corrected chi connectivity index (χ0v) is 15.4. The molecule has 0 saturated heterocycles. The summed E-state index contributed by atoms with van der Waals surface area (Å²) >= 11 is 6.32. The minimum atomic E-state index is -1.54. The molecule has 0 amide bonds. The van der Waals surface area contributed by atoms with Crippen LogP contribution < -0.4 is 14.9 Å². The van der Waals surface area contributed by atoms with Gasteiger partial charge in [-0.05, 0) is 35.7 Å². The summed E-state index contributed by atoms with van der Waals surface area (Å²) in [7, 11) is -1.54. The van der Waals surface area contributed by atoms with Crippen molar-refractivity contribution in [3.63, 3.8) is 0 Å². The molecule has 0 unspecified atom stereocenters. The van der Waals surface area contributed by atoms with E-state index in [4.69, 9.17) is 25.8 Å². The molecule has 27 heavy (non-hydrogen) atoms. The highest BCUT2D eigenvalue weighted by Crippen LogP contribution is 2.37. The van der Waals surface area contributed by atoms with Gasteiger partial charge in [0.1, 0.15) is 0 Å². The number of carbonyl (C=O) groups excluding carboxylic acids is 1. The summed E-state index contributed by atoms with van der Waals surface area (Å²) in [4.78, 5) is 12.4. The summed E-state index contributed by atoms with van der Waals surface area (Å²) in [6, 6.07) is 9.95. The first kappa shape index (κ1) is 19.3. The molecule has 1 heterocycles. The van der Waals surface area contributed by atoms with Gasteiger partial charge in [0.2, 0.25) is 6.79 Å².